The van der Waals surface area contributed by atoms with Crippen LogP contribution in [0.1, 0.15) is 37.5 Å². The van der Waals surface area contributed by atoms with Gasteiger partial charge in [0.2, 0.25) is 0 Å². The normalized spacial score (nSPS) is 15.2. The van der Waals surface area contributed by atoms with Crippen molar-refractivity contribution >= 4 is 5.97 Å². The second-order valence-corrected chi connectivity index (χ2v) is 7.96. The molecule has 0 N–H and O–H groups in total. The molecule has 0 unspecified atom stereocenters. The SMILES string of the molecule is COc1ccc(F)c(-c2ccc([C@@H]3CCc4ccc(OC(=O)C(C)C)cc4O3)cc2)c1. The van der Waals surface area contributed by atoms with Gasteiger partial charge in [-0.05, 0) is 53.8 Å². The van der Waals surface area contributed by atoms with Gasteiger partial charge in [0.05, 0.1) is 13.0 Å². The van der Waals surface area contributed by atoms with Gasteiger partial charge in [-0.25, -0.2) is 4.39 Å². The lowest BCUT2D eigenvalue weighted by Crippen LogP contribution is -2.17. The summed E-state index contributed by atoms with van der Waals surface area (Å²) < 4.78 is 31.1. The number of rotatable bonds is 5. The number of aryl methyl sites for hydroxylation is 1. The fourth-order valence-corrected chi connectivity index (χ4v) is 3.61. The number of carbonyl (C=O) groups excluding carboxylic acids is 1. The monoisotopic (exact) mass is 420 g/mol. The molecule has 1 atom stereocenters. The minimum Gasteiger partial charge on any atom is -0.497 e. The van der Waals surface area contributed by atoms with Gasteiger partial charge in [-0.1, -0.05) is 44.2 Å². The van der Waals surface area contributed by atoms with Crippen LogP contribution in [-0.2, 0) is 11.2 Å². The molecular weight excluding hydrogens is 395 g/mol. The Labute approximate surface area is 181 Å². The van der Waals surface area contributed by atoms with Gasteiger partial charge < -0.3 is 14.2 Å². The van der Waals surface area contributed by atoms with Gasteiger partial charge in [-0.2, -0.15) is 0 Å². The van der Waals surface area contributed by atoms with Crippen LogP contribution in [0.4, 0.5) is 4.39 Å². The summed E-state index contributed by atoms with van der Waals surface area (Å²) in [5.41, 5.74) is 3.38. The molecule has 0 saturated heterocycles. The van der Waals surface area contributed by atoms with Crippen molar-refractivity contribution in [2.24, 2.45) is 5.92 Å². The summed E-state index contributed by atoms with van der Waals surface area (Å²) in [5.74, 6) is 1.07. The van der Waals surface area contributed by atoms with Crippen LogP contribution < -0.4 is 14.2 Å². The number of hydrogen-bond acceptors (Lipinski definition) is 4. The van der Waals surface area contributed by atoms with E-state index in [1.807, 2.05) is 30.3 Å². The highest BCUT2D eigenvalue weighted by Gasteiger charge is 2.23. The molecule has 0 radical (unpaired) electrons. The lowest BCUT2D eigenvalue weighted by molar-refractivity contribution is -0.137. The maximum Gasteiger partial charge on any atom is 0.313 e. The van der Waals surface area contributed by atoms with Crippen molar-refractivity contribution in [3.63, 3.8) is 0 Å². The molecule has 0 spiro atoms. The van der Waals surface area contributed by atoms with Gasteiger partial charge in [0.25, 0.3) is 0 Å². The Kier molecular flexibility index (Phi) is 5.94. The fourth-order valence-electron chi connectivity index (χ4n) is 3.61. The van der Waals surface area contributed by atoms with E-state index in [4.69, 9.17) is 14.2 Å². The molecule has 0 aromatic heterocycles. The highest BCUT2D eigenvalue weighted by Crippen LogP contribution is 2.38. The van der Waals surface area contributed by atoms with Gasteiger partial charge in [-0.3, -0.25) is 4.79 Å². The lowest BCUT2D eigenvalue weighted by Gasteiger charge is -2.27. The van der Waals surface area contributed by atoms with E-state index in [0.717, 1.165) is 35.3 Å². The molecule has 3 aromatic rings. The van der Waals surface area contributed by atoms with E-state index in [1.165, 1.54) is 6.07 Å². The van der Waals surface area contributed by atoms with E-state index in [1.54, 1.807) is 45.2 Å². The van der Waals surface area contributed by atoms with Crippen molar-refractivity contribution in [3.8, 4) is 28.4 Å². The van der Waals surface area contributed by atoms with Crippen molar-refractivity contribution in [1.82, 2.24) is 0 Å². The predicted molar refractivity (Wildman–Crippen MR) is 117 cm³/mol. The molecule has 0 bridgehead atoms. The molecule has 0 amide bonds. The average molecular weight is 420 g/mol. The van der Waals surface area contributed by atoms with Crippen LogP contribution in [0.2, 0.25) is 0 Å². The maximum absolute atomic E-state index is 14.3. The summed E-state index contributed by atoms with van der Waals surface area (Å²) in [4.78, 5) is 11.9. The summed E-state index contributed by atoms with van der Waals surface area (Å²) in [5, 5.41) is 0. The summed E-state index contributed by atoms with van der Waals surface area (Å²) >= 11 is 0. The first-order chi connectivity index (χ1) is 14.9. The molecule has 0 fully saturated rings. The third kappa shape index (κ3) is 4.55. The van der Waals surface area contributed by atoms with Crippen LogP contribution in [0.15, 0.2) is 60.7 Å². The smallest absolute Gasteiger partial charge is 0.313 e. The molecule has 5 heteroatoms. The van der Waals surface area contributed by atoms with E-state index in [-0.39, 0.29) is 23.8 Å². The zero-order valence-electron chi connectivity index (χ0n) is 17.9. The van der Waals surface area contributed by atoms with E-state index in [2.05, 4.69) is 0 Å². The third-order valence-electron chi connectivity index (χ3n) is 5.44. The predicted octanol–water partition coefficient (Wildman–Crippen LogP) is 6.13. The summed E-state index contributed by atoms with van der Waals surface area (Å²) in [6.45, 7) is 3.60. The number of carbonyl (C=O) groups is 1. The Morgan fingerprint density at radius 3 is 2.48 bits per heavy atom. The van der Waals surface area contributed by atoms with E-state index in [0.29, 0.717) is 17.1 Å². The van der Waals surface area contributed by atoms with Gasteiger partial charge in [-0.15, -0.1) is 0 Å². The van der Waals surface area contributed by atoms with Crippen molar-refractivity contribution in [2.75, 3.05) is 7.11 Å². The van der Waals surface area contributed by atoms with Crippen molar-refractivity contribution in [1.29, 1.82) is 0 Å². The minimum absolute atomic E-state index is 0.118. The van der Waals surface area contributed by atoms with E-state index < -0.39 is 0 Å². The lowest BCUT2D eigenvalue weighted by atomic mass is 9.95. The first kappa shape index (κ1) is 20.9. The molecular formula is C26H25FO4. The van der Waals surface area contributed by atoms with Crippen LogP contribution in [0.25, 0.3) is 11.1 Å². The Hall–Kier alpha value is -3.34. The highest BCUT2D eigenvalue weighted by molar-refractivity contribution is 5.74. The second-order valence-electron chi connectivity index (χ2n) is 7.96. The Bertz CT molecular complexity index is 1090. The van der Waals surface area contributed by atoms with Crippen LogP contribution in [-0.4, -0.2) is 13.1 Å². The number of fused-ring (bicyclic) bond motifs is 1. The first-order valence-electron chi connectivity index (χ1n) is 10.4. The number of esters is 1. The number of halogens is 1. The van der Waals surface area contributed by atoms with Crippen molar-refractivity contribution in [3.05, 3.63) is 77.6 Å². The van der Waals surface area contributed by atoms with Crippen LogP contribution >= 0.6 is 0 Å². The molecule has 1 aliphatic rings. The Morgan fingerprint density at radius 2 is 1.77 bits per heavy atom. The molecule has 31 heavy (non-hydrogen) atoms. The van der Waals surface area contributed by atoms with Crippen LogP contribution in [0.5, 0.6) is 17.2 Å². The molecule has 1 aliphatic heterocycles. The first-order valence-corrected chi connectivity index (χ1v) is 10.4. The standard InChI is InChI=1S/C26H25FO4/c1-16(2)26(28)30-21-10-8-19-9-13-24(31-25(19)15-21)18-6-4-17(5-7-18)22-14-20(29-3)11-12-23(22)27/h4-8,10-12,14-16,24H,9,13H2,1-3H3/t24-/m0/s1. The Balaban J connectivity index is 1.52. The number of methoxy groups -OCH3 is 1. The van der Waals surface area contributed by atoms with Crippen LogP contribution in [0.3, 0.4) is 0 Å². The number of ether oxygens (including phenoxy) is 3. The molecule has 4 rings (SSSR count). The van der Waals surface area contributed by atoms with Crippen molar-refractivity contribution in [2.45, 2.75) is 32.8 Å². The maximum atomic E-state index is 14.3. The molecule has 0 saturated carbocycles. The fraction of sp³-hybridized carbons (Fsp3) is 0.269. The van der Waals surface area contributed by atoms with Gasteiger partial charge in [0.15, 0.2) is 0 Å². The summed E-state index contributed by atoms with van der Waals surface area (Å²) in [7, 11) is 1.56. The molecule has 3 aromatic carbocycles. The quantitative estimate of drug-likeness (QED) is 0.368. The Morgan fingerprint density at radius 1 is 1.03 bits per heavy atom. The molecule has 4 nitrogen and oxygen atoms in total. The second kappa shape index (κ2) is 8.80. The largest absolute Gasteiger partial charge is 0.497 e. The topological polar surface area (TPSA) is 44.8 Å². The van der Waals surface area contributed by atoms with Gasteiger partial charge >= 0.3 is 5.97 Å². The minimum atomic E-state index is -0.292. The van der Waals surface area contributed by atoms with Crippen LogP contribution in [0, 0.1) is 11.7 Å². The van der Waals surface area contributed by atoms with E-state index >= 15 is 0 Å². The molecule has 1 heterocycles. The number of benzene rings is 3. The van der Waals surface area contributed by atoms with E-state index in [9.17, 15) is 9.18 Å². The summed E-state index contributed by atoms with van der Waals surface area (Å²) in [6, 6.07) is 18.0. The summed E-state index contributed by atoms with van der Waals surface area (Å²) in [6.07, 6.45) is 1.59. The van der Waals surface area contributed by atoms with Crippen molar-refractivity contribution < 1.29 is 23.4 Å². The highest BCUT2D eigenvalue weighted by atomic mass is 19.1. The molecule has 0 aliphatic carbocycles. The number of hydrogen-bond donors (Lipinski definition) is 0. The average Bonchev–Trinajstić information content (AvgIpc) is 2.79. The zero-order chi connectivity index (χ0) is 22.0. The molecule has 160 valence electrons. The van der Waals surface area contributed by atoms with Gasteiger partial charge in [0, 0.05) is 11.6 Å². The third-order valence-corrected chi connectivity index (χ3v) is 5.44. The van der Waals surface area contributed by atoms with Gasteiger partial charge in [0.1, 0.15) is 29.2 Å². The zero-order valence-corrected chi connectivity index (χ0v) is 17.9.